The molecule has 26 heavy (non-hydrogen) atoms. The molecular weight excluding hydrogens is 388 g/mol. The van der Waals surface area contributed by atoms with Crippen molar-refractivity contribution in [1.82, 2.24) is 0 Å². The first-order chi connectivity index (χ1) is 12.2. The second-order valence-corrected chi connectivity index (χ2v) is 6.71. The van der Waals surface area contributed by atoms with Gasteiger partial charge in [0.1, 0.15) is 0 Å². The van der Waals surface area contributed by atoms with Crippen LogP contribution in [0.2, 0.25) is 10.0 Å². The molecule has 1 heterocycles. The van der Waals surface area contributed by atoms with E-state index in [-0.39, 0.29) is 21.3 Å². The summed E-state index contributed by atoms with van der Waals surface area (Å²) in [6, 6.07) is 10.6. The number of rotatable bonds is 3. The predicted octanol–water partition coefficient (Wildman–Crippen LogP) is 5.82. The third kappa shape index (κ3) is 3.66. The monoisotopic (exact) mass is 400 g/mol. The smallest absolute Gasteiger partial charge is 0.399 e. The highest BCUT2D eigenvalue weighted by Crippen LogP contribution is 2.49. The summed E-state index contributed by atoms with van der Waals surface area (Å²) in [5.41, 5.74) is 4.31. The minimum absolute atomic E-state index is 0.0885. The largest absolute Gasteiger partial charge is 0.435 e. The number of hydrogen-bond acceptors (Lipinski definition) is 3. The van der Waals surface area contributed by atoms with Crippen LogP contribution in [-0.4, -0.2) is 11.9 Å². The van der Waals surface area contributed by atoms with Crippen molar-refractivity contribution in [2.45, 2.75) is 18.2 Å². The Balaban J connectivity index is 1.89. The lowest BCUT2D eigenvalue weighted by molar-refractivity contribution is -0.275. The van der Waals surface area contributed by atoms with E-state index in [4.69, 9.17) is 33.8 Å². The first-order valence-electron chi connectivity index (χ1n) is 7.52. The molecule has 3 rings (SSSR count). The molecule has 1 aliphatic rings. The zero-order chi connectivity index (χ0) is 18.9. The lowest BCUT2D eigenvalue weighted by Crippen LogP contribution is -2.42. The van der Waals surface area contributed by atoms with Crippen LogP contribution >= 0.6 is 23.2 Å². The van der Waals surface area contributed by atoms with Gasteiger partial charge in [0.05, 0.1) is 5.71 Å². The van der Waals surface area contributed by atoms with E-state index in [1.165, 1.54) is 24.3 Å². The average Bonchev–Trinajstić information content (AvgIpc) is 2.99. The third-order valence-electron chi connectivity index (χ3n) is 3.94. The van der Waals surface area contributed by atoms with Gasteiger partial charge in [-0.3, -0.25) is 0 Å². The van der Waals surface area contributed by atoms with Crippen molar-refractivity contribution in [3.63, 3.8) is 0 Å². The fourth-order valence-electron chi connectivity index (χ4n) is 2.60. The van der Waals surface area contributed by atoms with E-state index in [2.05, 4.69) is 5.16 Å². The van der Waals surface area contributed by atoms with Crippen LogP contribution in [0, 0.1) is 0 Å². The molecule has 0 radical (unpaired) electrons. The average molecular weight is 401 g/mol. The van der Waals surface area contributed by atoms with Crippen LogP contribution in [0.3, 0.4) is 0 Å². The predicted molar refractivity (Wildman–Crippen MR) is 97.2 cm³/mol. The van der Waals surface area contributed by atoms with E-state index in [0.717, 1.165) is 5.56 Å². The summed E-state index contributed by atoms with van der Waals surface area (Å²) in [5, 5.41) is 3.80. The molecule has 1 unspecified atom stereocenters. The Morgan fingerprint density at radius 1 is 1.04 bits per heavy atom. The number of oxime groups is 1. The maximum absolute atomic E-state index is 13.8. The Hall–Kier alpha value is -2.18. The van der Waals surface area contributed by atoms with Crippen LogP contribution in [0.15, 0.2) is 53.7 Å². The van der Waals surface area contributed by atoms with Crippen LogP contribution < -0.4 is 5.73 Å². The zero-order valence-corrected chi connectivity index (χ0v) is 14.7. The van der Waals surface area contributed by atoms with Gasteiger partial charge in [0.25, 0.3) is 5.60 Å². The van der Waals surface area contributed by atoms with Crippen molar-refractivity contribution in [1.29, 1.82) is 0 Å². The SMILES string of the molecule is Nc1ccc(/C=C/C2=NOC(c3cc(Cl)cc(Cl)c3)(C(F)(F)F)C2)cc1. The van der Waals surface area contributed by atoms with E-state index in [1.807, 2.05) is 0 Å². The summed E-state index contributed by atoms with van der Waals surface area (Å²) < 4.78 is 41.5. The Morgan fingerprint density at radius 3 is 2.23 bits per heavy atom. The van der Waals surface area contributed by atoms with E-state index >= 15 is 0 Å². The molecule has 1 aliphatic heterocycles. The Morgan fingerprint density at radius 2 is 1.65 bits per heavy atom. The van der Waals surface area contributed by atoms with Gasteiger partial charge in [-0.1, -0.05) is 46.6 Å². The second-order valence-electron chi connectivity index (χ2n) is 5.83. The van der Waals surface area contributed by atoms with Crippen LogP contribution in [-0.2, 0) is 10.4 Å². The van der Waals surface area contributed by atoms with Crippen molar-refractivity contribution < 1.29 is 18.0 Å². The van der Waals surface area contributed by atoms with Crippen LogP contribution in [0.5, 0.6) is 0 Å². The number of benzene rings is 2. The summed E-state index contributed by atoms with van der Waals surface area (Å²) in [6.07, 6.45) is -2.08. The van der Waals surface area contributed by atoms with Gasteiger partial charge < -0.3 is 10.6 Å². The quantitative estimate of drug-likeness (QED) is 0.659. The lowest BCUT2D eigenvalue weighted by atomic mass is 9.88. The van der Waals surface area contributed by atoms with Gasteiger partial charge in [-0.2, -0.15) is 13.2 Å². The third-order valence-corrected chi connectivity index (χ3v) is 4.38. The molecular formula is C18H13Cl2F3N2O. The topological polar surface area (TPSA) is 47.6 Å². The fourth-order valence-corrected chi connectivity index (χ4v) is 3.13. The van der Waals surface area contributed by atoms with Crippen molar-refractivity contribution >= 4 is 40.7 Å². The molecule has 8 heteroatoms. The Labute approximate surface area is 157 Å². The molecule has 0 bridgehead atoms. The molecule has 1 atom stereocenters. The minimum atomic E-state index is -4.71. The van der Waals surface area contributed by atoms with Gasteiger partial charge in [-0.15, -0.1) is 0 Å². The van der Waals surface area contributed by atoms with Crippen molar-refractivity contribution in [2.75, 3.05) is 5.73 Å². The summed E-state index contributed by atoms with van der Waals surface area (Å²) in [6.45, 7) is 0. The summed E-state index contributed by atoms with van der Waals surface area (Å²) in [5.74, 6) is 0. The molecule has 0 aliphatic carbocycles. The van der Waals surface area contributed by atoms with E-state index in [1.54, 1.807) is 30.3 Å². The molecule has 0 fully saturated rings. The maximum Gasteiger partial charge on any atom is 0.435 e. The number of hydrogen-bond donors (Lipinski definition) is 1. The van der Waals surface area contributed by atoms with Crippen LogP contribution in [0.1, 0.15) is 17.5 Å². The normalized spacial score (nSPS) is 20.3. The highest BCUT2D eigenvalue weighted by Gasteiger charge is 2.62. The number of nitrogens with two attached hydrogens (primary N) is 1. The van der Waals surface area contributed by atoms with Crippen LogP contribution in [0.4, 0.5) is 18.9 Å². The molecule has 0 saturated heterocycles. The minimum Gasteiger partial charge on any atom is -0.399 e. The van der Waals surface area contributed by atoms with E-state index in [9.17, 15) is 13.2 Å². The van der Waals surface area contributed by atoms with Gasteiger partial charge in [0, 0.05) is 27.7 Å². The number of alkyl halides is 3. The second kappa shape index (κ2) is 6.85. The summed E-state index contributed by atoms with van der Waals surface area (Å²) in [4.78, 5) is 4.90. The molecule has 2 N–H and O–H groups in total. The van der Waals surface area contributed by atoms with E-state index < -0.39 is 18.2 Å². The number of halogens is 5. The fraction of sp³-hybridized carbons (Fsp3) is 0.167. The number of nitrogen functional groups attached to an aromatic ring is 1. The van der Waals surface area contributed by atoms with Gasteiger partial charge in [-0.25, -0.2) is 0 Å². The van der Waals surface area contributed by atoms with Crippen LogP contribution in [0.25, 0.3) is 6.08 Å². The van der Waals surface area contributed by atoms with Gasteiger partial charge in [0.15, 0.2) is 0 Å². The molecule has 0 aromatic heterocycles. The van der Waals surface area contributed by atoms with Gasteiger partial charge in [-0.05, 0) is 42.0 Å². The highest BCUT2D eigenvalue weighted by atomic mass is 35.5. The van der Waals surface area contributed by atoms with Crippen molar-refractivity contribution in [2.24, 2.45) is 5.16 Å². The van der Waals surface area contributed by atoms with Gasteiger partial charge in [0.2, 0.25) is 0 Å². The van der Waals surface area contributed by atoms with Crippen molar-refractivity contribution in [3.8, 4) is 0 Å². The Bertz CT molecular complexity index is 859. The summed E-state index contributed by atoms with van der Waals surface area (Å²) >= 11 is 11.7. The first kappa shape index (κ1) is 18.6. The highest BCUT2D eigenvalue weighted by molar-refractivity contribution is 6.34. The van der Waals surface area contributed by atoms with Gasteiger partial charge >= 0.3 is 6.18 Å². The maximum atomic E-state index is 13.8. The number of anilines is 1. The molecule has 2 aromatic rings. The molecule has 0 amide bonds. The number of nitrogens with zero attached hydrogens (tertiary/aromatic N) is 1. The van der Waals surface area contributed by atoms with Crippen molar-refractivity contribution in [3.05, 3.63) is 69.7 Å². The molecule has 2 aromatic carbocycles. The first-order valence-corrected chi connectivity index (χ1v) is 8.27. The Kier molecular flexibility index (Phi) is 4.90. The molecule has 3 nitrogen and oxygen atoms in total. The zero-order valence-electron chi connectivity index (χ0n) is 13.2. The lowest BCUT2D eigenvalue weighted by Gasteiger charge is -2.29. The standard InChI is InChI=1S/C18H13Cl2F3N2O/c19-13-7-12(8-14(20)9-13)17(18(21,22)23)10-16(25-26-17)6-3-11-1-4-15(24)5-2-11/h1-9H,10,24H2/b6-3+. The molecule has 0 saturated carbocycles. The van der Waals surface area contributed by atoms with E-state index in [0.29, 0.717) is 5.69 Å². The molecule has 0 spiro atoms. The number of allylic oxidation sites excluding steroid dienone is 1. The molecule has 136 valence electrons. The summed E-state index contributed by atoms with van der Waals surface area (Å²) in [7, 11) is 0.